The first-order valence-corrected chi connectivity index (χ1v) is 15.4. The summed E-state index contributed by atoms with van der Waals surface area (Å²) in [4.78, 5) is 36.3. The van der Waals surface area contributed by atoms with Gasteiger partial charge in [0.25, 0.3) is 5.91 Å². The first-order chi connectivity index (χ1) is 20.7. The highest BCUT2D eigenvalue weighted by Crippen LogP contribution is 2.38. The zero-order valence-electron chi connectivity index (χ0n) is 24.2. The fraction of sp³-hybridized carbons (Fsp3) is 0.633. The van der Waals surface area contributed by atoms with Crippen LogP contribution in [0.2, 0.25) is 0 Å². The molecule has 1 aliphatic carbocycles. The van der Waals surface area contributed by atoms with Crippen molar-refractivity contribution in [2.24, 2.45) is 11.8 Å². The molecule has 2 amide bonds. The number of nitrogens with zero attached hydrogens (tertiary/aromatic N) is 7. The van der Waals surface area contributed by atoms with Gasteiger partial charge < -0.3 is 19.4 Å². The van der Waals surface area contributed by atoms with Gasteiger partial charge in [-0.1, -0.05) is 6.07 Å². The van der Waals surface area contributed by atoms with Crippen LogP contribution in [0.4, 0.5) is 23.7 Å². The second-order valence-electron chi connectivity index (χ2n) is 12.6. The van der Waals surface area contributed by atoms with Crippen molar-refractivity contribution in [3.8, 4) is 0 Å². The molecule has 13 heteroatoms. The van der Waals surface area contributed by atoms with Crippen LogP contribution in [0.5, 0.6) is 0 Å². The number of carbonyl (C=O) groups is 2. The number of hydrogen-bond acceptors (Lipinski definition) is 7. The summed E-state index contributed by atoms with van der Waals surface area (Å²) in [7, 11) is 0. The van der Waals surface area contributed by atoms with Gasteiger partial charge in [0.2, 0.25) is 0 Å². The quantitative estimate of drug-likeness (QED) is 0.522. The maximum atomic E-state index is 14.1. The van der Waals surface area contributed by atoms with Crippen LogP contribution in [-0.4, -0.2) is 126 Å². The number of ether oxygens (including phenoxy) is 1. The number of likely N-dealkylation sites (tertiary alicyclic amines) is 2. The van der Waals surface area contributed by atoms with Crippen molar-refractivity contribution in [1.82, 2.24) is 29.4 Å². The van der Waals surface area contributed by atoms with Gasteiger partial charge in [0.05, 0.1) is 30.5 Å². The van der Waals surface area contributed by atoms with Gasteiger partial charge in [-0.15, -0.1) is 0 Å². The molecule has 5 heterocycles. The van der Waals surface area contributed by atoms with E-state index in [9.17, 15) is 22.8 Å². The Balaban J connectivity index is 0.941. The summed E-state index contributed by atoms with van der Waals surface area (Å²) in [5, 5.41) is 4.21. The molecule has 7 rings (SSSR count). The summed E-state index contributed by atoms with van der Waals surface area (Å²) in [6, 6.07) is 5.09. The standard InChI is InChI=1S/C30H38F3N7O3/c31-30(32,33)27-13-26(37-9-11-43-12-10-37)2-1-21(27)15-35-16-23-18-39(19-24(23)17-35)29(42)40-20-22(14-34-40)28(41)38-7-5-36(6-8-38)25-3-4-25/h1-2,13-14,20,23-25H,3-12,15-19H2. The minimum Gasteiger partial charge on any atom is -0.378 e. The Morgan fingerprint density at radius 2 is 1.60 bits per heavy atom. The summed E-state index contributed by atoms with van der Waals surface area (Å²) >= 11 is 0. The van der Waals surface area contributed by atoms with Crippen molar-refractivity contribution in [2.45, 2.75) is 31.6 Å². The summed E-state index contributed by atoms with van der Waals surface area (Å²) in [6.45, 7) is 7.84. The summed E-state index contributed by atoms with van der Waals surface area (Å²) < 4.78 is 48.8. The fourth-order valence-corrected chi connectivity index (χ4v) is 7.20. The number of hydrogen-bond donors (Lipinski definition) is 0. The van der Waals surface area contributed by atoms with E-state index in [4.69, 9.17) is 4.74 Å². The van der Waals surface area contributed by atoms with Crippen LogP contribution in [0.25, 0.3) is 0 Å². The zero-order valence-corrected chi connectivity index (χ0v) is 24.2. The van der Waals surface area contributed by atoms with Crippen LogP contribution in [0.15, 0.2) is 30.6 Å². The number of amides is 2. The van der Waals surface area contributed by atoms with E-state index < -0.39 is 11.7 Å². The molecule has 43 heavy (non-hydrogen) atoms. The number of alkyl halides is 3. The molecule has 5 aliphatic rings. The number of anilines is 1. The van der Waals surface area contributed by atoms with E-state index in [2.05, 4.69) is 14.9 Å². The predicted octanol–water partition coefficient (Wildman–Crippen LogP) is 2.69. The Labute approximate surface area is 248 Å². The Morgan fingerprint density at radius 3 is 2.26 bits per heavy atom. The van der Waals surface area contributed by atoms with Crippen LogP contribution >= 0.6 is 0 Å². The molecule has 0 spiro atoms. The van der Waals surface area contributed by atoms with Gasteiger partial charge >= 0.3 is 12.2 Å². The van der Waals surface area contributed by atoms with Crippen molar-refractivity contribution in [2.75, 3.05) is 83.6 Å². The Bertz CT molecular complexity index is 1330. The average molecular weight is 602 g/mol. The lowest BCUT2D eigenvalue weighted by atomic mass is 10.0. The van der Waals surface area contributed by atoms with Crippen LogP contribution in [0, 0.1) is 11.8 Å². The van der Waals surface area contributed by atoms with Crippen LogP contribution in [0.3, 0.4) is 0 Å². The number of rotatable bonds is 5. The highest BCUT2D eigenvalue weighted by molar-refractivity contribution is 5.94. The van der Waals surface area contributed by atoms with E-state index in [1.165, 1.54) is 36.0 Å². The zero-order chi connectivity index (χ0) is 29.7. The maximum absolute atomic E-state index is 14.1. The van der Waals surface area contributed by atoms with Crippen LogP contribution in [0.1, 0.15) is 34.3 Å². The SMILES string of the molecule is O=C(c1cnn(C(=O)N2CC3CN(Cc4ccc(N5CCOCC5)cc4C(F)(F)F)CC3C2)c1)N1CCN(C2CC2)CC1. The average Bonchev–Trinajstić information content (AvgIpc) is 3.42. The van der Waals surface area contributed by atoms with Crippen molar-refractivity contribution in [3.05, 3.63) is 47.3 Å². The summed E-state index contributed by atoms with van der Waals surface area (Å²) in [5.41, 5.74) is 0.685. The molecule has 232 valence electrons. The minimum absolute atomic E-state index is 0.0976. The number of halogens is 3. The molecule has 0 bridgehead atoms. The molecule has 2 atom stereocenters. The highest BCUT2D eigenvalue weighted by atomic mass is 19.4. The topological polar surface area (TPSA) is 77.4 Å². The smallest absolute Gasteiger partial charge is 0.378 e. The largest absolute Gasteiger partial charge is 0.416 e. The molecule has 10 nitrogen and oxygen atoms in total. The molecule has 4 saturated heterocycles. The second-order valence-corrected chi connectivity index (χ2v) is 12.6. The Morgan fingerprint density at radius 1 is 0.907 bits per heavy atom. The van der Waals surface area contributed by atoms with Gasteiger partial charge in [0.15, 0.2) is 0 Å². The normalized spacial score (nSPS) is 25.4. The molecule has 0 radical (unpaired) electrons. The molecule has 1 saturated carbocycles. The molecule has 2 unspecified atom stereocenters. The lowest BCUT2D eigenvalue weighted by Crippen LogP contribution is -2.49. The molecule has 1 aromatic carbocycles. The van der Waals surface area contributed by atoms with Crippen molar-refractivity contribution in [1.29, 1.82) is 0 Å². The number of morpholine rings is 1. The van der Waals surface area contributed by atoms with Crippen molar-refractivity contribution in [3.63, 3.8) is 0 Å². The van der Waals surface area contributed by atoms with Gasteiger partial charge in [-0.2, -0.15) is 23.0 Å². The van der Waals surface area contributed by atoms with E-state index in [-0.39, 0.29) is 35.9 Å². The third kappa shape index (κ3) is 5.99. The number of benzene rings is 1. The molecule has 2 aromatic rings. The first-order valence-electron chi connectivity index (χ1n) is 15.4. The van der Waals surface area contributed by atoms with Crippen molar-refractivity contribution < 1.29 is 27.5 Å². The highest BCUT2D eigenvalue weighted by Gasteiger charge is 2.43. The fourth-order valence-electron chi connectivity index (χ4n) is 7.20. The minimum atomic E-state index is -4.44. The van der Waals surface area contributed by atoms with Gasteiger partial charge in [0.1, 0.15) is 0 Å². The number of aromatic nitrogens is 2. The van der Waals surface area contributed by atoms with Gasteiger partial charge in [-0.25, -0.2) is 4.79 Å². The van der Waals surface area contributed by atoms with Gasteiger partial charge in [-0.3, -0.25) is 14.6 Å². The second kappa shape index (κ2) is 11.4. The molecular weight excluding hydrogens is 563 g/mol. The lowest BCUT2D eigenvalue weighted by Gasteiger charge is -2.34. The number of piperazine rings is 1. The van der Waals surface area contributed by atoms with Crippen LogP contribution < -0.4 is 4.90 Å². The van der Waals surface area contributed by atoms with E-state index in [0.717, 1.165) is 13.1 Å². The molecule has 1 aromatic heterocycles. The van der Waals surface area contributed by atoms with Crippen LogP contribution in [-0.2, 0) is 17.5 Å². The number of fused-ring (bicyclic) bond motifs is 1. The molecule has 4 aliphatic heterocycles. The Kier molecular flexibility index (Phi) is 7.58. The van der Waals surface area contributed by atoms with E-state index >= 15 is 0 Å². The molecule has 5 fully saturated rings. The third-order valence-electron chi connectivity index (χ3n) is 9.69. The number of carbonyl (C=O) groups excluding carboxylic acids is 2. The third-order valence-corrected chi connectivity index (χ3v) is 9.69. The molecular formula is C30H38F3N7O3. The van der Waals surface area contributed by atoms with E-state index in [1.807, 2.05) is 9.80 Å². The maximum Gasteiger partial charge on any atom is 0.416 e. The summed E-state index contributed by atoms with van der Waals surface area (Å²) in [5.74, 6) is 0.273. The lowest BCUT2D eigenvalue weighted by molar-refractivity contribution is -0.138. The Hall–Kier alpha value is -3.16. The van der Waals surface area contributed by atoms with Gasteiger partial charge in [-0.05, 0) is 42.4 Å². The van der Waals surface area contributed by atoms with E-state index in [0.29, 0.717) is 82.9 Å². The monoisotopic (exact) mass is 601 g/mol. The molecule has 0 N–H and O–H groups in total. The predicted molar refractivity (Wildman–Crippen MR) is 152 cm³/mol. The van der Waals surface area contributed by atoms with Gasteiger partial charge in [0, 0.05) is 89.9 Å². The summed E-state index contributed by atoms with van der Waals surface area (Å²) in [6.07, 6.45) is 1.06. The van der Waals surface area contributed by atoms with E-state index in [1.54, 1.807) is 17.0 Å². The first kappa shape index (κ1) is 28.6. The van der Waals surface area contributed by atoms with Crippen molar-refractivity contribution >= 4 is 17.6 Å².